The molecular formula is C16H22N4O3S. The zero-order valence-corrected chi connectivity index (χ0v) is 15.1. The van der Waals surface area contributed by atoms with Crippen molar-refractivity contribution in [3.8, 4) is 0 Å². The molecule has 2 amide bonds. The van der Waals surface area contributed by atoms with Crippen molar-refractivity contribution < 1.29 is 14.1 Å². The van der Waals surface area contributed by atoms with Crippen LogP contribution < -0.4 is 5.32 Å². The summed E-state index contributed by atoms with van der Waals surface area (Å²) in [7, 11) is 0. The molecular weight excluding hydrogens is 328 g/mol. The molecule has 0 aromatic carbocycles. The quantitative estimate of drug-likeness (QED) is 0.829. The predicted octanol–water partition coefficient (Wildman–Crippen LogP) is 2.95. The number of aromatic nitrogens is 2. The normalized spacial score (nSPS) is 10.9. The molecule has 7 nitrogen and oxygen atoms in total. The maximum Gasteiger partial charge on any atom is 0.266 e. The van der Waals surface area contributed by atoms with Crippen molar-refractivity contribution in [2.24, 2.45) is 5.92 Å². The van der Waals surface area contributed by atoms with Gasteiger partial charge in [-0.3, -0.25) is 9.59 Å². The van der Waals surface area contributed by atoms with Crippen LogP contribution in [-0.2, 0) is 17.8 Å². The molecule has 0 radical (unpaired) electrons. The summed E-state index contributed by atoms with van der Waals surface area (Å²) < 4.78 is 5.21. The number of amides is 2. The van der Waals surface area contributed by atoms with E-state index in [-0.39, 0.29) is 18.4 Å². The Hall–Kier alpha value is -2.22. The van der Waals surface area contributed by atoms with Gasteiger partial charge in [-0.25, -0.2) is 0 Å². The molecule has 2 heterocycles. The maximum absolute atomic E-state index is 12.7. The lowest BCUT2D eigenvalue weighted by molar-refractivity contribution is -0.114. The van der Waals surface area contributed by atoms with Gasteiger partial charge in [0.1, 0.15) is 4.88 Å². The van der Waals surface area contributed by atoms with Crippen molar-refractivity contribution in [2.75, 3.05) is 11.9 Å². The second kappa shape index (κ2) is 8.05. The highest BCUT2D eigenvalue weighted by Gasteiger charge is 2.22. The smallest absolute Gasteiger partial charge is 0.266 e. The third-order valence-electron chi connectivity index (χ3n) is 3.26. The average Bonchev–Trinajstić information content (AvgIpc) is 3.12. The topological polar surface area (TPSA) is 88.3 Å². The van der Waals surface area contributed by atoms with Gasteiger partial charge in [0.25, 0.3) is 5.91 Å². The van der Waals surface area contributed by atoms with E-state index < -0.39 is 0 Å². The summed E-state index contributed by atoms with van der Waals surface area (Å²) >= 11 is 1.30. The van der Waals surface area contributed by atoms with Gasteiger partial charge in [-0.15, -0.1) is 11.3 Å². The van der Waals surface area contributed by atoms with Gasteiger partial charge in [-0.1, -0.05) is 19.0 Å². The van der Waals surface area contributed by atoms with E-state index in [2.05, 4.69) is 29.3 Å². The Kier molecular flexibility index (Phi) is 6.08. The molecule has 0 spiro atoms. The Morgan fingerprint density at radius 3 is 2.79 bits per heavy atom. The fourth-order valence-corrected chi connectivity index (χ4v) is 3.01. The monoisotopic (exact) mass is 350 g/mol. The molecule has 8 heteroatoms. The van der Waals surface area contributed by atoms with Crippen molar-refractivity contribution in [2.45, 2.75) is 40.7 Å². The number of rotatable bonds is 7. The van der Waals surface area contributed by atoms with Crippen LogP contribution in [0, 0.1) is 5.92 Å². The summed E-state index contributed by atoms with van der Waals surface area (Å²) in [6, 6.07) is 1.72. The summed E-state index contributed by atoms with van der Waals surface area (Å²) in [5, 5.41) is 8.40. The number of hydrogen-bond acceptors (Lipinski definition) is 6. The molecule has 130 valence electrons. The number of carbonyl (C=O) groups is 2. The van der Waals surface area contributed by atoms with Crippen LogP contribution in [0.4, 0.5) is 5.69 Å². The summed E-state index contributed by atoms with van der Waals surface area (Å²) in [5.74, 6) is 1.12. The lowest BCUT2D eigenvalue weighted by atomic mass is 10.1. The molecule has 0 saturated carbocycles. The van der Waals surface area contributed by atoms with Crippen molar-refractivity contribution in [3.05, 3.63) is 28.0 Å². The molecule has 0 atom stereocenters. The number of thiophene rings is 1. The average molecular weight is 350 g/mol. The Morgan fingerprint density at radius 1 is 1.42 bits per heavy atom. The molecule has 24 heavy (non-hydrogen) atoms. The molecule has 1 N–H and O–H groups in total. The van der Waals surface area contributed by atoms with E-state index in [9.17, 15) is 9.59 Å². The van der Waals surface area contributed by atoms with Gasteiger partial charge in [-0.2, -0.15) is 4.98 Å². The summed E-state index contributed by atoms with van der Waals surface area (Å²) in [5.41, 5.74) is 0.532. The van der Waals surface area contributed by atoms with Crippen LogP contribution in [-0.4, -0.2) is 33.4 Å². The van der Waals surface area contributed by atoms with E-state index in [1.54, 1.807) is 16.3 Å². The van der Waals surface area contributed by atoms with Gasteiger partial charge in [0, 0.05) is 19.9 Å². The Morgan fingerprint density at radius 2 is 2.17 bits per heavy atom. The van der Waals surface area contributed by atoms with E-state index in [0.29, 0.717) is 41.2 Å². The van der Waals surface area contributed by atoms with Crippen LogP contribution in [0.25, 0.3) is 0 Å². The molecule has 0 saturated heterocycles. The minimum atomic E-state index is -0.206. The van der Waals surface area contributed by atoms with E-state index in [1.807, 2.05) is 6.92 Å². The molecule has 2 aromatic rings. The first-order valence-corrected chi connectivity index (χ1v) is 8.74. The lowest BCUT2D eigenvalue weighted by Gasteiger charge is -2.19. The van der Waals surface area contributed by atoms with E-state index in [1.165, 1.54) is 18.3 Å². The van der Waals surface area contributed by atoms with Gasteiger partial charge in [-0.05, 0) is 24.3 Å². The Bertz CT molecular complexity index is 708. The largest absolute Gasteiger partial charge is 0.339 e. The number of hydrogen-bond donors (Lipinski definition) is 1. The van der Waals surface area contributed by atoms with Crippen molar-refractivity contribution in [1.82, 2.24) is 15.0 Å². The maximum atomic E-state index is 12.7. The van der Waals surface area contributed by atoms with Crippen molar-refractivity contribution >= 4 is 28.8 Å². The number of anilines is 1. The van der Waals surface area contributed by atoms with Gasteiger partial charge in [0.15, 0.2) is 5.82 Å². The van der Waals surface area contributed by atoms with Crippen molar-refractivity contribution in [1.29, 1.82) is 0 Å². The predicted molar refractivity (Wildman–Crippen MR) is 91.9 cm³/mol. The highest BCUT2D eigenvalue weighted by molar-refractivity contribution is 7.12. The molecule has 0 aliphatic rings. The van der Waals surface area contributed by atoms with E-state index in [4.69, 9.17) is 4.52 Å². The third kappa shape index (κ3) is 4.64. The zero-order chi connectivity index (χ0) is 17.7. The SMILES string of the molecule is CCN(Cc1noc(CC(C)C)n1)C(=O)c1sccc1NC(C)=O. The first-order valence-electron chi connectivity index (χ1n) is 7.86. The highest BCUT2D eigenvalue weighted by Crippen LogP contribution is 2.24. The van der Waals surface area contributed by atoms with Gasteiger partial charge < -0.3 is 14.7 Å². The Labute approximate surface area is 145 Å². The van der Waals surface area contributed by atoms with Gasteiger partial charge in [0.2, 0.25) is 11.8 Å². The van der Waals surface area contributed by atoms with Crippen molar-refractivity contribution in [3.63, 3.8) is 0 Å². The van der Waals surface area contributed by atoms with Gasteiger partial charge >= 0.3 is 0 Å². The standard InChI is InChI=1S/C16H22N4O3S/c1-5-20(9-13-18-14(23-19-13)8-10(2)3)16(22)15-12(6-7-24-15)17-11(4)21/h6-7,10H,5,8-9H2,1-4H3,(H,17,21). The number of carbonyl (C=O) groups excluding carboxylic acids is 2. The van der Waals surface area contributed by atoms with Crippen LogP contribution in [0.2, 0.25) is 0 Å². The molecule has 0 fully saturated rings. The lowest BCUT2D eigenvalue weighted by Crippen LogP contribution is -2.30. The van der Waals surface area contributed by atoms with Crippen LogP contribution in [0.5, 0.6) is 0 Å². The molecule has 0 aliphatic carbocycles. The summed E-state index contributed by atoms with van der Waals surface area (Å²) in [4.78, 5) is 30.4. The highest BCUT2D eigenvalue weighted by atomic mass is 32.1. The second-order valence-electron chi connectivity index (χ2n) is 5.87. The van der Waals surface area contributed by atoms with Crippen LogP contribution in [0.1, 0.15) is 49.1 Å². The fourth-order valence-electron chi connectivity index (χ4n) is 2.19. The fraction of sp³-hybridized carbons (Fsp3) is 0.500. The molecule has 0 unspecified atom stereocenters. The first kappa shape index (κ1) is 18.1. The summed E-state index contributed by atoms with van der Waals surface area (Å²) in [6.45, 7) is 8.23. The molecule has 0 bridgehead atoms. The van der Waals surface area contributed by atoms with Gasteiger partial charge in [0.05, 0.1) is 12.2 Å². The van der Waals surface area contributed by atoms with Crippen LogP contribution >= 0.6 is 11.3 Å². The molecule has 2 aromatic heterocycles. The first-order chi connectivity index (χ1) is 11.4. The van der Waals surface area contributed by atoms with Crippen LogP contribution in [0.3, 0.4) is 0 Å². The number of nitrogens with zero attached hydrogens (tertiary/aromatic N) is 3. The van der Waals surface area contributed by atoms with E-state index in [0.717, 1.165) is 0 Å². The minimum absolute atomic E-state index is 0.161. The zero-order valence-electron chi connectivity index (χ0n) is 14.3. The molecule has 0 aliphatic heterocycles. The summed E-state index contributed by atoms with van der Waals surface area (Å²) in [6.07, 6.45) is 0.713. The number of nitrogens with one attached hydrogen (secondary N) is 1. The second-order valence-corrected chi connectivity index (χ2v) is 6.78. The van der Waals surface area contributed by atoms with Crippen LogP contribution in [0.15, 0.2) is 16.0 Å². The Balaban J connectivity index is 2.10. The minimum Gasteiger partial charge on any atom is -0.339 e. The van der Waals surface area contributed by atoms with E-state index >= 15 is 0 Å². The third-order valence-corrected chi connectivity index (χ3v) is 4.17. The molecule has 2 rings (SSSR count).